The fourth-order valence-corrected chi connectivity index (χ4v) is 0.539. The third-order valence-electron chi connectivity index (χ3n) is 1.19. The lowest BCUT2D eigenvalue weighted by molar-refractivity contribution is -0.141. The van der Waals surface area contributed by atoms with Crippen molar-refractivity contribution in [2.45, 2.75) is 26.4 Å². The van der Waals surface area contributed by atoms with Crippen LogP contribution in [0.15, 0.2) is 24.8 Å². The Morgan fingerprint density at radius 3 is 1.88 bits per heavy atom. The molecular weight excluding hydrogens is 228 g/mol. The van der Waals surface area contributed by atoms with E-state index in [9.17, 15) is 14.4 Å². The zero-order valence-corrected chi connectivity index (χ0v) is 9.80. The van der Waals surface area contributed by atoms with Crippen LogP contribution < -0.4 is 0 Å². The topological polar surface area (TPSA) is 101 Å². The van der Waals surface area contributed by atoms with E-state index in [1.54, 1.807) is 13.8 Å². The van der Waals surface area contributed by atoms with E-state index in [4.69, 9.17) is 10.2 Å². The second kappa shape index (κ2) is 9.14. The summed E-state index contributed by atoms with van der Waals surface area (Å²) < 4.78 is 4.64. The summed E-state index contributed by atoms with van der Waals surface area (Å²) in [5, 5.41) is 16.1. The fourth-order valence-electron chi connectivity index (χ4n) is 0.539. The molecule has 0 aliphatic rings. The monoisotopic (exact) mass is 244 g/mol. The number of carboxylic acid groups (broad SMARTS) is 2. The SMILES string of the molecule is C=C(CC(=O)O)C(=O)O.C=CC(=O)OC(C)C. The number of ether oxygens (including phenoxy) is 1. The van der Waals surface area contributed by atoms with Crippen LogP contribution >= 0.6 is 0 Å². The van der Waals surface area contributed by atoms with Gasteiger partial charge in [-0.15, -0.1) is 0 Å². The molecule has 0 fully saturated rings. The van der Waals surface area contributed by atoms with Gasteiger partial charge in [0.05, 0.1) is 12.5 Å². The lowest BCUT2D eigenvalue weighted by Gasteiger charge is -2.02. The normalized spacial score (nSPS) is 8.65. The summed E-state index contributed by atoms with van der Waals surface area (Å²) in [6, 6.07) is 0. The van der Waals surface area contributed by atoms with Gasteiger partial charge in [0, 0.05) is 11.6 Å². The van der Waals surface area contributed by atoms with Gasteiger partial charge in [0.1, 0.15) is 0 Å². The van der Waals surface area contributed by atoms with Crippen LogP contribution in [0.3, 0.4) is 0 Å². The Morgan fingerprint density at radius 1 is 1.29 bits per heavy atom. The molecule has 0 aromatic carbocycles. The highest BCUT2D eigenvalue weighted by Gasteiger charge is 2.07. The number of carbonyl (C=O) groups is 3. The van der Waals surface area contributed by atoms with Crippen LogP contribution in [0.4, 0.5) is 0 Å². The molecule has 0 rings (SSSR count). The van der Waals surface area contributed by atoms with E-state index < -0.39 is 18.4 Å². The molecule has 0 saturated carbocycles. The summed E-state index contributed by atoms with van der Waals surface area (Å²) in [5.41, 5.74) is -0.303. The molecular formula is C11H16O6. The van der Waals surface area contributed by atoms with Crippen LogP contribution in [0.1, 0.15) is 20.3 Å². The maximum atomic E-state index is 10.3. The lowest BCUT2D eigenvalue weighted by Crippen LogP contribution is -2.07. The second-order valence-corrected chi connectivity index (χ2v) is 3.17. The molecule has 0 saturated heterocycles. The summed E-state index contributed by atoms with van der Waals surface area (Å²) in [4.78, 5) is 29.9. The lowest BCUT2D eigenvalue weighted by atomic mass is 10.2. The molecule has 0 heterocycles. The van der Waals surface area contributed by atoms with Crippen molar-refractivity contribution in [1.29, 1.82) is 0 Å². The molecule has 6 nitrogen and oxygen atoms in total. The van der Waals surface area contributed by atoms with Crippen LogP contribution in [0, 0.1) is 0 Å². The standard InChI is InChI=1S/C6H10O2.C5H6O4/c1-4-6(7)8-5(2)3;1-3(5(8)9)2-4(6)7/h4-5H,1H2,2-3H3;1-2H2,(H,6,7)(H,8,9). The van der Waals surface area contributed by atoms with Gasteiger partial charge in [-0.3, -0.25) is 4.79 Å². The van der Waals surface area contributed by atoms with Crippen LogP contribution in [-0.2, 0) is 19.1 Å². The van der Waals surface area contributed by atoms with Crippen LogP contribution in [0.5, 0.6) is 0 Å². The van der Waals surface area contributed by atoms with Gasteiger partial charge in [-0.25, -0.2) is 9.59 Å². The van der Waals surface area contributed by atoms with Crippen LogP contribution in [-0.4, -0.2) is 34.2 Å². The summed E-state index contributed by atoms with van der Waals surface area (Å²) in [7, 11) is 0. The highest BCUT2D eigenvalue weighted by molar-refractivity contribution is 5.91. The Morgan fingerprint density at radius 2 is 1.76 bits per heavy atom. The molecule has 2 N–H and O–H groups in total. The minimum atomic E-state index is -1.27. The van der Waals surface area contributed by atoms with E-state index in [1.807, 2.05) is 0 Å². The Kier molecular flexibility index (Phi) is 9.30. The summed E-state index contributed by atoms with van der Waals surface area (Å²) >= 11 is 0. The van der Waals surface area contributed by atoms with Crippen molar-refractivity contribution in [1.82, 2.24) is 0 Å². The molecule has 96 valence electrons. The van der Waals surface area contributed by atoms with Crippen LogP contribution in [0.25, 0.3) is 0 Å². The van der Waals surface area contributed by atoms with Gasteiger partial charge in [0.2, 0.25) is 0 Å². The van der Waals surface area contributed by atoms with E-state index >= 15 is 0 Å². The number of rotatable bonds is 5. The summed E-state index contributed by atoms with van der Waals surface area (Å²) in [6.07, 6.45) is 0.607. The first-order chi connectivity index (χ1) is 7.70. The minimum Gasteiger partial charge on any atom is -0.481 e. The third kappa shape index (κ3) is 13.9. The van der Waals surface area contributed by atoms with Gasteiger partial charge in [-0.05, 0) is 13.8 Å². The average Bonchev–Trinajstić information content (AvgIpc) is 2.16. The van der Waals surface area contributed by atoms with Gasteiger partial charge in [0.25, 0.3) is 0 Å². The van der Waals surface area contributed by atoms with Gasteiger partial charge < -0.3 is 14.9 Å². The quantitative estimate of drug-likeness (QED) is 0.557. The molecule has 6 heteroatoms. The first-order valence-electron chi connectivity index (χ1n) is 4.66. The molecule has 0 unspecified atom stereocenters. The second-order valence-electron chi connectivity index (χ2n) is 3.17. The molecule has 0 aromatic rings. The first-order valence-corrected chi connectivity index (χ1v) is 4.66. The zero-order chi connectivity index (χ0) is 14.0. The number of esters is 1. The van der Waals surface area contributed by atoms with Gasteiger partial charge >= 0.3 is 17.9 Å². The molecule has 0 amide bonds. The Hall–Kier alpha value is -2.11. The first kappa shape index (κ1) is 17.3. The predicted octanol–water partition coefficient (Wildman–Crippen LogP) is 1.23. The average molecular weight is 244 g/mol. The number of aliphatic carboxylic acids is 2. The molecule has 0 aliphatic heterocycles. The Labute approximate surface area is 99.2 Å². The smallest absolute Gasteiger partial charge is 0.331 e. The highest BCUT2D eigenvalue weighted by Crippen LogP contribution is 1.95. The van der Waals surface area contributed by atoms with Crippen molar-refractivity contribution in [2.75, 3.05) is 0 Å². The molecule has 0 bridgehead atoms. The third-order valence-corrected chi connectivity index (χ3v) is 1.19. The number of carbonyl (C=O) groups excluding carboxylic acids is 1. The Bertz CT molecular complexity index is 316. The molecule has 0 aliphatic carbocycles. The van der Waals surface area contributed by atoms with Crippen molar-refractivity contribution in [2.24, 2.45) is 0 Å². The van der Waals surface area contributed by atoms with E-state index in [-0.39, 0.29) is 17.6 Å². The zero-order valence-electron chi connectivity index (χ0n) is 9.80. The van der Waals surface area contributed by atoms with Gasteiger partial charge in [-0.2, -0.15) is 0 Å². The van der Waals surface area contributed by atoms with Gasteiger partial charge in [-0.1, -0.05) is 13.2 Å². The van der Waals surface area contributed by atoms with E-state index in [0.29, 0.717) is 0 Å². The Balaban J connectivity index is 0. The molecule has 17 heavy (non-hydrogen) atoms. The predicted molar refractivity (Wildman–Crippen MR) is 60.5 cm³/mol. The summed E-state index contributed by atoms with van der Waals surface area (Å²) in [5.74, 6) is -2.81. The van der Waals surface area contributed by atoms with E-state index in [0.717, 1.165) is 6.08 Å². The number of carboxylic acids is 2. The van der Waals surface area contributed by atoms with Crippen molar-refractivity contribution < 1.29 is 29.3 Å². The summed E-state index contributed by atoms with van der Waals surface area (Å²) in [6.45, 7) is 9.84. The van der Waals surface area contributed by atoms with Gasteiger partial charge in [0.15, 0.2) is 0 Å². The van der Waals surface area contributed by atoms with Crippen molar-refractivity contribution in [3.63, 3.8) is 0 Å². The van der Waals surface area contributed by atoms with E-state index in [2.05, 4.69) is 17.9 Å². The van der Waals surface area contributed by atoms with E-state index in [1.165, 1.54) is 0 Å². The number of hydrogen-bond acceptors (Lipinski definition) is 4. The highest BCUT2D eigenvalue weighted by atomic mass is 16.5. The maximum absolute atomic E-state index is 10.3. The minimum absolute atomic E-state index is 0.0412. The molecule has 0 radical (unpaired) electrons. The number of hydrogen-bond donors (Lipinski definition) is 2. The molecule has 0 spiro atoms. The van der Waals surface area contributed by atoms with Crippen LogP contribution in [0.2, 0.25) is 0 Å². The maximum Gasteiger partial charge on any atom is 0.331 e. The van der Waals surface area contributed by atoms with Crippen molar-refractivity contribution in [3.05, 3.63) is 24.8 Å². The fraction of sp³-hybridized carbons (Fsp3) is 0.364. The molecule has 0 atom stereocenters. The molecule has 0 aromatic heterocycles. The van der Waals surface area contributed by atoms with Crippen molar-refractivity contribution in [3.8, 4) is 0 Å². The largest absolute Gasteiger partial charge is 0.481 e. The van der Waals surface area contributed by atoms with Crippen molar-refractivity contribution >= 4 is 17.9 Å².